The predicted molar refractivity (Wildman–Crippen MR) is 56.0 cm³/mol. The van der Waals surface area contributed by atoms with Gasteiger partial charge in [-0.1, -0.05) is 18.2 Å². The van der Waals surface area contributed by atoms with Gasteiger partial charge in [-0.25, -0.2) is 0 Å². The van der Waals surface area contributed by atoms with E-state index in [1.807, 2.05) is 30.3 Å². The highest BCUT2D eigenvalue weighted by atomic mass is 16.5. The van der Waals surface area contributed by atoms with Gasteiger partial charge in [0.25, 0.3) is 5.75 Å². The van der Waals surface area contributed by atoms with E-state index in [9.17, 15) is 0 Å². The Morgan fingerprint density at radius 1 is 0.714 bits per heavy atom. The van der Waals surface area contributed by atoms with E-state index < -0.39 is 0 Å². The summed E-state index contributed by atoms with van der Waals surface area (Å²) in [6, 6.07) is 16.6. The summed E-state index contributed by atoms with van der Waals surface area (Å²) in [5.74, 6) is 2.06. The van der Waals surface area contributed by atoms with E-state index in [0.717, 1.165) is 11.5 Å². The summed E-state index contributed by atoms with van der Waals surface area (Å²) in [4.78, 5) is 0. The van der Waals surface area contributed by atoms with Crippen molar-refractivity contribution < 1.29 is 9.84 Å². The van der Waals surface area contributed by atoms with Crippen LogP contribution in [0.4, 0.5) is 0 Å². The van der Waals surface area contributed by atoms with E-state index >= 15 is 0 Å². The van der Waals surface area contributed by atoms with Crippen molar-refractivity contribution in [3.05, 3.63) is 54.6 Å². The van der Waals surface area contributed by atoms with Crippen LogP contribution in [-0.2, 0) is 0 Å². The Hall–Kier alpha value is -1.96. The molecule has 2 aromatic rings. The fourth-order valence-electron chi connectivity index (χ4n) is 1.15. The lowest BCUT2D eigenvalue weighted by Crippen LogP contribution is -1.81. The summed E-state index contributed by atoms with van der Waals surface area (Å²) in [7, 11) is 0. The van der Waals surface area contributed by atoms with E-state index in [1.54, 1.807) is 24.3 Å². The van der Waals surface area contributed by atoms with Gasteiger partial charge in [-0.2, -0.15) is 0 Å². The SMILES string of the molecule is [OH2+]c1ccc(Oc2ccccc2)cc1. The molecule has 0 spiro atoms. The van der Waals surface area contributed by atoms with Gasteiger partial charge in [-0.05, 0) is 24.3 Å². The third kappa shape index (κ3) is 2.04. The van der Waals surface area contributed by atoms with Crippen molar-refractivity contribution in [2.24, 2.45) is 0 Å². The molecule has 0 saturated carbocycles. The molecule has 0 aliphatic carbocycles. The van der Waals surface area contributed by atoms with E-state index in [4.69, 9.17) is 9.84 Å². The van der Waals surface area contributed by atoms with Crippen LogP contribution in [-0.4, -0.2) is 5.11 Å². The van der Waals surface area contributed by atoms with Gasteiger partial charge < -0.3 is 9.84 Å². The molecule has 0 aliphatic rings. The molecule has 0 unspecified atom stereocenters. The lowest BCUT2D eigenvalue weighted by atomic mass is 10.3. The van der Waals surface area contributed by atoms with E-state index in [1.165, 1.54) is 0 Å². The van der Waals surface area contributed by atoms with Gasteiger partial charge in [0.2, 0.25) is 0 Å². The molecular formula is C12H11O2+. The molecule has 0 heterocycles. The maximum absolute atomic E-state index is 7.32. The summed E-state index contributed by atoms with van der Waals surface area (Å²) in [6.45, 7) is 0. The van der Waals surface area contributed by atoms with Crippen molar-refractivity contribution in [2.75, 3.05) is 0 Å². The molecular weight excluding hydrogens is 176 g/mol. The van der Waals surface area contributed by atoms with Crippen LogP contribution in [0.1, 0.15) is 0 Å². The Kier molecular flexibility index (Phi) is 2.36. The van der Waals surface area contributed by atoms with E-state index in [0.29, 0.717) is 5.75 Å². The van der Waals surface area contributed by atoms with Gasteiger partial charge in [-0.15, -0.1) is 0 Å². The second kappa shape index (κ2) is 3.83. The number of hydrogen-bond donors (Lipinski definition) is 0. The zero-order chi connectivity index (χ0) is 9.80. The highest BCUT2D eigenvalue weighted by Crippen LogP contribution is 2.22. The summed E-state index contributed by atoms with van der Waals surface area (Å²) in [6.07, 6.45) is 0. The molecule has 0 aromatic heterocycles. The monoisotopic (exact) mass is 187 g/mol. The Bertz CT molecular complexity index is 392. The molecule has 2 aromatic carbocycles. The van der Waals surface area contributed by atoms with Crippen LogP contribution in [0.3, 0.4) is 0 Å². The largest absolute Gasteiger partial charge is 0.593 e. The number of para-hydroxylation sites is 1. The molecule has 0 amide bonds. The lowest BCUT2D eigenvalue weighted by molar-refractivity contribution is 0.464. The second-order valence-corrected chi connectivity index (χ2v) is 2.94. The van der Waals surface area contributed by atoms with Crippen LogP contribution in [0.2, 0.25) is 0 Å². The first-order valence-corrected chi connectivity index (χ1v) is 4.39. The minimum atomic E-state index is 0.491. The van der Waals surface area contributed by atoms with Crippen molar-refractivity contribution in [2.45, 2.75) is 0 Å². The average molecular weight is 187 g/mol. The van der Waals surface area contributed by atoms with Crippen LogP contribution in [0.5, 0.6) is 17.2 Å². The summed E-state index contributed by atoms with van der Waals surface area (Å²) in [5.41, 5.74) is 0. The minimum absolute atomic E-state index is 0.491. The van der Waals surface area contributed by atoms with Crippen molar-refractivity contribution in [3.63, 3.8) is 0 Å². The van der Waals surface area contributed by atoms with Gasteiger partial charge in [0.15, 0.2) is 0 Å². The molecule has 2 N–H and O–H groups in total. The van der Waals surface area contributed by atoms with Crippen molar-refractivity contribution >= 4 is 0 Å². The first-order valence-electron chi connectivity index (χ1n) is 4.39. The van der Waals surface area contributed by atoms with Gasteiger partial charge in [-0.3, -0.25) is 0 Å². The third-order valence-electron chi connectivity index (χ3n) is 1.83. The van der Waals surface area contributed by atoms with Crippen LogP contribution in [0.25, 0.3) is 0 Å². The standard InChI is InChI=1S/C12H10O2/c13-10-6-8-12(9-7-10)14-11-4-2-1-3-5-11/h1-9,13H/p+1. The molecule has 0 atom stereocenters. The highest BCUT2D eigenvalue weighted by molar-refractivity contribution is 5.34. The molecule has 2 heteroatoms. The van der Waals surface area contributed by atoms with Crippen molar-refractivity contribution in [1.29, 1.82) is 0 Å². The van der Waals surface area contributed by atoms with Crippen LogP contribution in [0.15, 0.2) is 54.6 Å². The zero-order valence-electron chi connectivity index (χ0n) is 7.60. The number of benzene rings is 2. The fourth-order valence-corrected chi connectivity index (χ4v) is 1.15. The average Bonchev–Trinajstić information content (AvgIpc) is 2.23. The first-order chi connectivity index (χ1) is 6.84. The number of ether oxygens (including phenoxy) is 1. The van der Waals surface area contributed by atoms with Gasteiger partial charge >= 0.3 is 0 Å². The van der Waals surface area contributed by atoms with E-state index in [-0.39, 0.29) is 0 Å². The lowest BCUT2D eigenvalue weighted by Gasteiger charge is -2.03. The molecule has 2 rings (SSSR count). The van der Waals surface area contributed by atoms with Crippen LogP contribution < -0.4 is 4.74 Å². The quantitative estimate of drug-likeness (QED) is 0.665. The molecule has 14 heavy (non-hydrogen) atoms. The zero-order valence-corrected chi connectivity index (χ0v) is 7.60. The predicted octanol–water partition coefficient (Wildman–Crippen LogP) is 2.92. The summed E-state index contributed by atoms with van der Waals surface area (Å²) in [5, 5.41) is 7.32. The van der Waals surface area contributed by atoms with Gasteiger partial charge in [0.1, 0.15) is 11.5 Å². The van der Waals surface area contributed by atoms with Gasteiger partial charge in [0, 0.05) is 12.1 Å². The normalized spacial score (nSPS) is 9.71. The minimum Gasteiger partial charge on any atom is -0.593 e. The van der Waals surface area contributed by atoms with Gasteiger partial charge in [0.05, 0.1) is 0 Å². The maximum atomic E-state index is 7.32. The summed E-state index contributed by atoms with van der Waals surface area (Å²) < 4.78 is 5.55. The summed E-state index contributed by atoms with van der Waals surface area (Å²) >= 11 is 0. The smallest absolute Gasteiger partial charge is 0.254 e. The van der Waals surface area contributed by atoms with E-state index in [2.05, 4.69) is 0 Å². The molecule has 2 nitrogen and oxygen atoms in total. The van der Waals surface area contributed by atoms with Crippen LogP contribution >= 0.6 is 0 Å². The van der Waals surface area contributed by atoms with Crippen molar-refractivity contribution in [1.82, 2.24) is 0 Å². The molecule has 0 saturated heterocycles. The fraction of sp³-hybridized carbons (Fsp3) is 0. The second-order valence-electron chi connectivity index (χ2n) is 2.94. The third-order valence-corrected chi connectivity index (χ3v) is 1.83. The Morgan fingerprint density at radius 2 is 1.29 bits per heavy atom. The topological polar surface area (TPSA) is 32.1 Å². The molecule has 70 valence electrons. The number of rotatable bonds is 2. The first kappa shape index (κ1) is 8.63. The molecule has 0 bridgehead atoms. The highest BCUT2D eigenvalue weighted by Gasteiger charge is 1.97. The maximum Gasteiger partial charge on any atom is 0.254 e. The van der Waals surface area contributed by atoms with Crippen molar-refractivity contribution in [3.8, 4) is 17.2 Å². The Labute approximate surface area is 82.4 Å². The van der Waals surface area contributed by atoms with Crippen LogP contribution in [0, 0.1) is 0 Å². The Morgan fingerprint density at radius 3 is 1.93 bits per heavy atom. The molecule has 0 aliphatic heterocycles. The molecule has 0 radical (unpaired) electrons. The molecule has 0 fully saturated rings. The number of hydrogen-bond acceptors (Lipinski definition) is 1. The Balaban J connectivity index is 2.16.